The molecule has 196 valence electrons. The number of nitrogens with zero attached hydrogens (tertiary/aromatic N) is 2. The highest BCUT2D eigenvalue weighted by Crippen LogP contribution is 2.26. The van der Waals surface area contributed by atoms with Gasteiger partial charge in [-0.25, -0.2) is 8.42 Å². The first-order valence-electron chi connectivity index (χ1n) is 12.3. The Hall–Kier alpha value is -3.65. The van der Waals surface area contributed by atoms with Crippen molar-refractivity contribution >= 4 is 27.5 Å². The van der Waals surface area contributed by atoms with E-state index in [-0.39, 0.29) is 17.3 Å². The molecule has 3 aromatic rings. The van der Waals surface area contributed by atoms with Crippen LogP contribution in [-0.2, 0) is 26.0 Å². The fourth-order valence-electron chi connectivity index (χ4n) is 4.03. The minimum Gasteiger partial charge on any atom is -0.357 e. The lowest BCUT2D eigenvalue weighted by Crippen LogP contribution is -2.51. The van der Waals surface area contributed by atoms with Gasteiger partial charge in [-0.1, -0.05) is 54.1 Å². The lowest BCUT2D eigenvalue weighted by Gasteiger charge is -2.32. The van der Waals surface area contributed by atoms with Crippen LogP contribution < -0.4 is 9.62 Å². The summed E-state index contributed by atoms with van der Waals surface area (Å²) in [6, 6.07) is 20.7. The van der Waals surface area contributed by atoms with Gasteiger partial charge in [0.25, 0.3) is 10.0 Å². The van der Waals surface area contributed by atoms with Gasteiger partial charge in [0.2, 0.25) is 11.8 Å². The zero-order valence-corrected chi connectivity index (χ0v) is 22.9. The number of likely N-dealkylation sites (N-methyl/N-ethyl adjacent to an activating group) is 1. The van der Waals surface area contributed by atoms with Crippen molar-refractivity contribution in [1.29, 1.82) is 0 Å². The molecule has 3 rings (SSSR count). The average Bonchev–Trinajstić information content (AvgIpc) is 2.89. The molecule has 37 heavy (non-hydrogen) atoms. The molecular formula is C29H35N3O4S. The van der Waals surface area contributed by atoms with Crippen LogP contribution in [0, 0.1) is 20.8 Å². The Labute approximate surface area is 220 Å². The molecule has 1 N–H and O–H groups in total. The number of hydrogen-bond donors (Lipinski definition) is 1. The Morgan fingerprint density at radius 1 is 0.892 bits per heavy atom. The maximum absolute atomic E-state index is 13.8. The van der Waals surface area contributed by atoms with E-state index in [0.29, 0.717) is 12.1 Å². The lowest BCUT2D eigenvalue weighted by molar-refractivity contribution is -0.138. The fourth-order valence-corrected chi connectivity index (χ4v) is 5.43. The highest BCUT2D eigenvalue weighted by molar-refractivity contribution is 7.92. The van der Waals surface area contributed by atoms with Crippen LogP contribution in [-0.4, -0.2) is 51.3 Å². The van der Waals surface area contributed by atoms with E-state index in [2.05, 4.69) is 5.32 Å². The molecule has 0 heterocycles. The highest BCUT2D eigenvalue weighted by atomic mass is 32.2. The summed E-state index contributed by atoms with van der Waals surface area (Å²) in [7, 11) is -2.55. The topological polar surface area (TPSA) is 86.8 Å². The lowest BCUT2D eigenvalue weighted by atomic mass is 10.1. The number of carbonyl (C=O) groups excluding carboxylic acids is 2. The van der Waals surface area contributed by atoms with Crippen molar-refractivity contribution < 1.29 is 18.0 Å². The van der Waals surface area contributed by atoms with Gasteiger partial charge < -0.3 is 10.2 Å². The van der Waals surface area contributed by atoms with Gasteiger partial charge in [-0.3, -0.25) is 13.9 Å². The van der Waals surface area contributed by atoms with E-state index in [0.717, 1.165) is 26.6 Å². The first kappa shape index (κ1) is 27.9. The number of sulfonamides is 1. The molecule has 7 nitrogen and oxygen atoms in total. The van der Waals surface area contributed by atoms with E-state index < -0.39 is 28.5 Å². The van der Waals surface area contributed by atoms with Gasteiger partial charge in [0.05, 0.1) is 10.6 Å². The first-order chi connectivity index (χ1) is 17.5. The van der Waals surface area contributed by atoms with Crippen LogP contribution in [0.5, 0.6) is 0 Å². The van der Waals surface area contributed by atoms with Crippen LogP contribution in [0.25, 0.3) is 0 Å². The second-order valence-electron chi connectivity index (χ2n) is 9.21. The number of rotatable bonds is 10. The summed E-state index contributed by atoms with van der Waals surface area (Å²) >= 11 is 0. The third kappa shape index (κ3) is 6.77. The molecule has 0 radical (unpaired) electrons. The monoisotopic (exact) mass is 521 g/mol. The smallest absolute Gasteiger partial charge is 0.264 e. The molecule has 0 fully saturated rings. The average molecular weight is 522 g/mol. The van der Waals surface area contributed by atoms with E-state index in [1.807, 2.05) is 57.2 Å². The number of benzene rings is 3. The van der Waals surface area contributed by atoms with Gasteiger partial charge in [-0.2, -0.15) is 0 Å². The minimum absolute atomic E-state index is 0.0966. The zero-order chi connectivity index (χ0) is 27.2. The Bertz CT molecular complexity index is 1340. The van der Waals surface area contributed by atoms with Gasteiger partial charge >= 0.3 is 0 Å². The van der Waals surface area contributed by atoms with Gasteiger partial charge in [-0.05, 0) is 75.1 Å². The molecule has 0 spiro atoms. The number of nitrogens with one attached hydrogen (secondary N) is 1. The molecule has 0 saturated carbocycles. The fraction of sp³-hybridized carbons (Fsp3) is 0.310. The Balaban J connectivity index is 2.00. The Morgan fingerprint density at radius 3 is 2.14 bits per heavy atom. The van der Waals surface area contributed by atoms with Crippen LogP contribution in [0.2, 0.25) is 0 Å². The Morgan fingerprint density at radius 2 is 1.54 bits per heavy atom. The van der Waals surface area contributed by atoms with Gasteiger partial charge in [0.1, 0.15) is 12.6 Å². The molecule has 8 heteroatoms. The second kappa shape index (κ2) is 12.1. The first-order valence-corrected chi connectivity index (χ1v) is 13.7. The van der Waals surface area contributed by atoms with Crippen molar-refractivity contribution in [3.8, 4) is 0 Å². The normalized spacial score (nSPS) is 12.0. The van der Waals surface area contributed by atoms with E-state index in [4.69, 9.17) is 0 Å². The molecule has 3 aromatic carbocycles. The molecule has 1 atom stereocenters. The third-order valence-corrected chi connectivity index (χ3v) is 8.35. The molecule has 0 aliphatic rings. The molecule has 0 aliphatic heterocycles. The predicted molar refractivity (Wildman–Crippen MR) is 147 cm³/mol. The summed E-state index contributed by atoms with van der Waals surface area (Å²) in [5, 5.41) is 2.59. The molecule has 0 aromatic heterocycles. The molecular weight excluding hydrogens is 486 g/mol. The van der Waals surface area contributed by atoms with Crippen molar-refractivity contribution in [2.24, 2.45) is 0 Å². The quantitative estimate of drug-likeness (QED) is 0.437. The summed E-state index contributed by atoms with van der Waals surface area (Å²) in [5.41, 5.74) is 4.27. The summed E-state index contributed by atoms with van der Waals surface area (Å²) in [4.78, 5) is 27.8. The van der Waals surface area contributed by atoms with Crippen molar-refractivity contribution in [3.05, 3.63) is 95.1 Å². The Kier molecular flexibility index (Phi) is 9.10. The van der Waals surface area contributed by atoms with Gasteiger partial charge in [0, 0.05) is 13.6 Å². The van der Waals surface area contributed by atoms with E-state index in [1.165, 1.54) is 11.9 Å². The molecule has 0 unspecified atom stereocenters. The van der Waals surface area contributed by atoms with Crippen LogP contribution in [0.1, 0.15) is 29.2 Å². The van der Waals surface area contributed by atoms with Crippen molar-refractivity contribution in [1.82, 2.24) is 10.2 Å². The predicted octanol–water partition coefficient (Wildman–Crippen LogP) is 4.01. The molecule has 0 bridgehead atoms. The number of anilines is 1. The summed E-state index contributed by atoms with van der Waals surface area (Å²) in [6.07, 6.45) is 0.530. The van der Waals surface area contributed by atoms with Crippen molar-refractivity contribution in [2.45, 2.75) is 45.1 Å². The van der Waals surface area contributed by atoms with Gasteiger partial charge in [0.15, 0.2) is 0 Å². The highest BCUT2D eigenvalue weighted by Gasteiger charge is 2.32. The third-order valence-electron chi connectivity index (χ3n) is 6.56. The molecule has 0 aliphatic carbocycles. The van der Waals surface area contributed by atoms with Crippen LogP contribution in [0.3, 0.4) is 0 Å². The number of hydrogen-bond acceptors (Lipinski definition) is 4. The summed E-state index contributed by atoms with van der Waals surface area (Å²) in [5.74, 6) is -0.776. The summed E-state index contributed by atoms with van der Waals surface area (Å²) in [6.45, 7) is 7.20. The van der Waals surface area contributed by atoms with Gasteiger partial charge in [-0.15, -0.1) is 0 Å². The largest absolute Gasteiger partial charge is 0.357 e. The van der Waals surface area contributed by atoms with Crippen LogP contribution >= 0.6 is 0 Å². The zero-order valence-electron chi connectivity index (χ0n) is 22.1. The van der Waals surface area contributed by atoms with E-state index >= 15 is 0 Å². The standard InChI is InChI=1S/C29H35N3O4S/c1-21-11-15-27(16-12-21)37(35,36)32(26-14-13-22(2)23(3)19-26)20-28(33)31(24(4)29(34)30-5)18-17-25-9-7-6-8-10-25/h6-16,19,24H,17-18,20H2,1-5H3,(H,30,34)/t24-/m0/s1. The van der Waals surface area contributed by atoms with Crippen LogP contribution in [0.4, 0.5) is 5.69 Å². The minimum atomic E-state index is -4.06. The van der Waals surface area contributed by atoms with Crippen molar-refractivity contribution in [2.75, 3.05) is 24.4 Å². The number of aryl methyl sites for hydroxylation is 3. The second-order valence-corrected chi connectivity index (χ2v) is 11.1. The molecule has 0 saturated heterocycles. The molecule has 2 amide bonds. The SMILES string of the molecule is CNC(=O)[C@H](C)N(CCc1ccccc1)C(=O)CN(c1ccc(C)c(C)c1)S(=O)(=O)c1ccc(C)cc1. The van der Waals surface area contributed by atoms with Crippen molar-refractivity contribution in [3.63, 3.8) is 0 Å². The number of amides is 2. The van der Waals surface area contributed by atoms with E-state index in [1.54, 1.807) is 43.3 Å². The number of carbonyl (C=O) groups is 2. The van der Waals surface area contributed by atoms with Crippen LogP contribution in [0.15, 0.2) is 77.7 Å². The summed E-state index contributed by atoms with van der Waals surface area (Å²) < 4.78 is 28.8. The maximum Gasteiger partial charge on any atom is 0.264 e. The maximum atomic E-state index is 13.8. The van der Waals surface area contributed by atoms with E-state index in [9.17, 15) is 18.0 Å².